The van der Waals surface area contributed by atoms with E-state index in [-0.39, 0.29) is 28.3 Å². The zero-order valence-electron chi connectivity index (χ0n) is 18.2. The Morgan fingerprint density at radius 3 is 2.71 bits per heavy atom. The van der Waals surface area contributed by atoms with E-state index in [1.165, 1.54) is 25.6 Å². The molecule has 0 aliphatic carbocycles. The predicted octanol–water partition coefficient (Wildman–Crippen LogP) is 0.828. The lowest BCUT2D eigenvalue weighted by molar-refractivity contribution is -0.133. The van der Waals surface area contributed by atoms with Gasteiger partial charge in [0, 0.05) is 30.4 Å². The van der Waals surface area contributed by atoms with Crippen molar-refractivity contribution in [1.82, 2.24) is 35.4 Å². The van der Waals surface area contributed by atoms with Crippen molar-refractivity contribution >= 4 is 39.9 Å². The molecule has 0 aliphatic heterocycles. The van der Waals surface area contributed by atoms with Gasteiger partial charge in [-0.05, 0) is 19.1 Å². The molecule has 4 heterocycles. The number of carbonyl (C=O) groups is 2. The van der Waals surface area contributed by atoms with Gasteiger partial charge in [0.2, 0.25) is 22.0 Å². The predicted molar refractivity (Wildman–Crippen MR) is 121 cm³/mol. The molecule has 2 amide bonds. The largest absolute Gasteiger partial charge is 0.475 e. The first-order chi connectivity index (χ1) is 16.9. The van der Waals surface area contributed by atoms with Crippen LogP contribution in [0, 0.1) is 6.92 Å². The van der Waals surface area contributed by atoms with Crippen molar-refractivity contribution in [3.63, 3.8) is 0 Å². The first-order valence-electron chi connectivity index (χ1n) is 9.77. The summed E-state index contributed by atoms with van der Waals surface area (Å²) >= 11 is 1.07. The molecule has 180 valence electrons. The SMILES string of the molecule is CONC(=O)COc1c(Nc2ncccn2)cc(C(=O)Nc2nnc(-n3nccc3C)s2)oc1=O. The molecule has 0 saturated heterocycles. The van der Waals surface area contributed by atoms with Gasteiger partial charge in [-0.3, -0.25) is 19.7 Å². The number of aromatic nitrogens is 6. The van der Waals surface area contributed by atoms with Crippen molar-refractivity contribution in [2.75, 3.05) is 24.4 Å². The molecule has 0 atom stereocenters. The summed E-state index contributed by atoms with van der Waals surface area (Å²) in [4.78, 5) is 49.6. The highest BCUT2D eigenvalue weighted by Gasteiger charge is 2.21. The standard InChI is InChI=1S/C19H17N9O6S/c1-10-4-7-22-28(10)19-26-25-18(35-19)24-15(30)12-8-11(23-17-20-5-3-6-21-17)14(16(31)34-12)33-9-13(29)27-32-2/h3-8H,9H2,1-2H3,(H,27,29)(H,20,21,23)(H,24,25,30). The lowest BCUT2D eigenvalue weighted by Gasteiger charge is -2.12. The number of hydroxylamine groups is 1. The minimum Gasteiger partial charge on any atom is -0.475 e. The molecule has 4 aromatic heterocycles. The van der Waals surface area contributed by atoms with Crippen LogP contribution in [0.3, 0.4) is 0 Å². The number of hydrogen-bond acceptors (Lipinski definition) is 13. The monoisotopic (exact) mass is 499 g/mol. The highest BCUT2D eigenvalue weighted by molar-refractivity contribution is 7.17. The maximum Gasteiger partial charge on any atom is 0.381 e. The summed E-state index contributed by atoms with van der Waals surface area (Å²) in [6.45, 7) is 1.28. The molecule has 0 bridgehead atoms. The highest BCUT2D eigenvalue weighted by Crippen LogP contribution is 2.25. The second-order valence-electron chi connectivity index (χ2n) is 6.58. The topological polar surface area (TPSA) is 188 Å². The van der Waals surface area contributed by atoms with Crippen LogP contribution < -0.4 is 26.5 Å². The van der Waals surface area contributed by atoms with E-state index >= 15 is 0 Å². The van der Waals surface area contributed by atoms with Crippen LogP contribution in [-0.4, -0.2) is 55.5 Å². The van der Waals surface area contributed by atoms with E-state index in [0.717, 1.165) is 17.0 Å². The summed E-state index contributed by atoms with van der Waals surface area (Å²) in [7, 11) is 1.25. The molecule has 0 fully saturated rings. The Morgan fingerprint density at radius 2 is 2.00 bits per heavy atom. The molecule has 3 N–H and O–H groups in total. The summed E-state index contributed by atoms with van der Waals surface area (Å²) < 4.78 is 12.0. The van der Waals surface area contributed by atoms with E-state index in [4.69, 9.17) is 9.15 Å². The second kappa shape index (κ2) is 10.5. The average molecular weight is 499 g/mol. The number of nitrogens with zero attached hydrogens (tertiary/aromatic N) is 6. The number of aryl methyl sites for hydroxylation is 1. The molecule has 15 nitrogen and oxygen atoms in total. The third-order valence-electron chi connectivity index (χ3n) is 4.16. The number of amides is 2. The molecular weight excluding hydrogens is 482 g/mol. The van der Waals surface area contributed by atoms with Crippen molar-refractivity contribution in [3.05, 3.63) is 58.7 Å². The summed E-state index contributed by atoms with van der Waals surface area (Å²) in [6, 6.07) is 4.59. The smallest absolute Gasteiger partial charge is 0.381 e. The van der Waals surface area contributed by atoms with Gasteiger partial charge in [0.05, 0.1) is 12.8 Å². The summed E-state index contributed by atoms with van der Waals surface area (Å²) in [5.41, 5.74) is 1.86. The molecule has 0 radical (unpaired) electrons. The molecule has 0 aromatic carbocycles. The zero-order valence-corrected chi connectivity index (χ0v) is 19.0. The van der Waals surface area contributed by atoms with E-state index in [0.29, 0.717) is 5.13 Å². The quantitative estimate of drug-likeness (QED) is 0.276. The third-order valence-corrected chi connectivity index (χ3v) is 4.97. The van der Waals surface area contributed by atoms with E-state index in [9.17, 15) is 14.4 Å². The summed E-state index contributed by atoms with van der Waals surface area (Å²) in [6.07, 6.45) is 4.54. The zero-order chi connectivity index (χ0) is 24.8. The van der Waals surface area contributed by atoms with Crippen LogP contribution in [0.4, 0.5) is 16.8 Å². The van der Waals surface area contributed by atoms with E-state index < -0.39 is 24.0 Å². The van der Waals surface area contributed by atoms with E-state index in [2.05, 4.69) is 46.2 Å². The van der Waals surface area contributed by atoms with Crippen LogP contribution in [0.15, 0.2) is 46.0 Å². The van der Waals surface area contributed by atoms with Gasteiger partial charge in [-0.15, -0.1) is 10.2 Å². The van der Waals surface area contributed by atoms with Gasteiger partial charge in [0.15, 0.2) is 12.4 Å². The fraction of sp³-hybridized carbons (Fsp3) is 0.158. The third kappa shape index (κ3) is 5.63. The minimum atomic E-state index is -1.02. The van der Waals surface area contributed by atoms with Crippen LogP contribution in [0.1, 0.15) is 16.2 Å². The molecule has 35 heavy (non-hydrogen) atoms. The van der Waals surface area contributed by atoms with Crippen molar-refractivity contribution < 1.29 is 23.6 Å². The number of ether oxygens (including phenoxy) is 1. The number of carbonyl (C=O) groups excluding carboxylic acids is 2. The van der Waals surface area contributed by atoms with Gasteiger partial charge < -0.3 is 14.5 Å². The number of rotatable bonds is 9. The number of hydrogen-bond donors (Lipinski definition) is 3. The van der Waals surface area contributed by atoms with Crippen molar-refractivity contribution in [2.45, 2.75) is 6.92 Å². The minimum absolute atomic E-state index is 0.00654. The van der Waals surface area contributed by atoms with Gasteiger partial charge in [0.1, 0.15) is 0 Å². The first kappa shape index (κ1) is 23.5. The summed E-state index contributed by atoms with van der Waals surface area (Å²) in [5.74, 6) is -2.06. The first-order valence-corrected chi connectivity index (χ1v) is 10.6. The molecule has 0 saturated carbocycles. The maximum absolute atomic E-state index is 12.8. The fourth-order valence-electron chi connectivity index (χ4n) is 2.67. The lowest BCUT2D eigenvalue weighted by atomic mass is 10.3. The van der Waals surface area contributed by atoms with E-state index in [1.807, 2.05) is 6.92 Å². The molecular formula is C19H17N9O6S. The Balaban J connectivity index is 1.59. The Labute approximate surface area is 200 Å². The lowest BCUT2D eigenvalue weighted by Crippen LogP contribution is -2.29. The Hall–Kier alpha value is -4.70. The van der Waals surface area contributed by atoms with Crippen LogP contribution in [-0.2, 0) is 9.63 Å². The van der Waals surface area contributed by atoms with Crippen LogP contribution >= 0.6 is 11.3 Å². The van der Waals surface area contributed by atoms with Gasteiger partial charge >= 0.3 is 5.63 Å². The molecule has 0 aliphatic rings. The second-order valence-corrected chi connectivity index (χ2v) is 7.54. The van der Waals surface area contributed by atoms with Crippen LogP contribution in [0.5, 0.6) is 5.75 Å². The van der Waals surface area contributed by atoms with Crippen molar-refractivity contribution in [3.8, 4) is 10.9 Å². The van der Waals surface area contributed by atoms with Crippen molar-refractivity contribution in [2.24, 2.45) is 0 Å². The van der Waals surface area contributed by atoms with Crippen LogP contribution in [0.2, 0.25) is 0 Å². The van der Waals surface area contributed by atoms with Gasteiger partial charge in [-0.1, -0.05) is 11.3 Å². The Kier molecular flexibility index (Phi) is 7.03. The molecule has 4 rings (SSSR count). The Morgan fingerprint density at radius 1 is 1.20 bits per heavy atom. The van der Waals surface area contributed by atoms with Crippen molar-refractivity contribution in [1.29, 1.82) is 0 Å². The maximum atomic E-state index is 12.8. The van der Waals surface area contributed by atoms with Gasteiger partial charge in [-0.2, -0.15) is 5.10 Å². The highest BCUT2D eigenvalue weighted by atomic mass is 32.1. The summed E-state index contributed by atoms with van der Waals surface area (Å²) in [5, 5.41) is 17.9. The number of anilines is 3. The molecule has 4 aromatic rings. The fourth-order valence-corrected chi connectivity index (χ4v) is 3.43. The number of nitrogens with one attached hydrogen (secondary N) is 3. The van der Waals surface area contributed by atoms with Crippen LogP contribution in [0.25, 0.3) is 5.13 Å². The normalized spacial score (nSPS) is 10.6. The van der Waals surface area contributed by atoms with E-state index in [1.54, 1.807) is 23.0 Å². The van der Waals surface area contributed by atoms with Gasteiger partial charge in [-0.25, -0.2) is 24.9 Å². The molecule has 0 unspecified atom stereocenters. The van der Waals surface area contributed by atoms with Gasteiger partial charge in [0.25, 0.3) is 11.8 Å². The molecule has 16 heteroatoms. The average Bonchev–Trinajstić information content (AvgIpc) is 3.47. The molecule has 0 spiro atoms. The Bertz CT molecular complexity index is 1400.